The maximum atomic E-state index is 13.3. The summed E-state index contributed by atoms with van der Waals surface area (Å²) in [5, 5.41) is 2.93. The zero-order valence-corrected chi connectivity index (χ0v) is 17.4. The van der Waals surface area contributed by atoms with Crippen molar-refractivity contribution in [2.45, 2.75) is 38.8 Å². The summed E-state index contributed by atoms with van der Waals surface area (Å²) < 4.78 is 5.86. The molecule has 0 fully saturated rings. The first kappa shape index (κ1) is 21.3. The SMILES string of the molecule is CC(C)Oc1ccccc1CC(=O)C(Cc1ccccc1)NC(=O)c1ccccc1. The number of para-hydroxylation sites is 1. The largest absolute Gasteiger partial charge is 0.491 e. The molecule has 4 heteroatoms. The summed E-state index contributed by atoms with van der Waals surface area (Å²) in [5.41, 5.74) is 2.35. The molecule has 1 N–H and O–H groups in total. The topological polar surface area (TPSA) is 55.4 Å². The maximum Gasteiger partial charge on any atom is 0.251 e. The number of ether oxygens (including phenoxy) is 1. The average molecular weight is 402 g/mol. The summed E-state index contributed by atoms with van der Waals surface area (Å²) in [6.07, 6.45) is 0.639. The summed E-state index contributed by atoms with van der Waals surface area (Å²) in [5.74, 6) is 0.397. The van der Waals surface area contributed by atoms with E-state index in [1.54, 1.807) is 12.1 Å². The summed E-state index contributed by atoms with van der Waals surface area (Å²) in [7, 11) is 0. The number of ketones is 1. The predicted molar refractivity (Wildman–Crippen MR) is 119 cm³/mol. The number of rotatable bonds is 9. The zero-order chi connectivity index (χ0) is 21.3. The van der Waals surface area contributed by atoms with Gasteiger partial charge in [0.25, 0.3) is 5.91 Å². The van der Waals surface area contributed by atoms with Crippen molar-refractivity contribution in [2.75, 3.05) is 0 Å². The summed E-state index contributed by atoms with van der Waals surface area (Å²) in [6, 6.07) is 25.6. The van der Waals surface area contributed by atoms with Crippen LogP contribution in [0.25, 0.3) is 0 Å². The van der Waals surface area contributed by atoms with Crippen molar-refractivity contribution < 1.29 is 14.3 Å². The van der Waals surface area contributed by atoms with Crippen LogP contribution in [0.3, 0.4) is 0 Å². The van der Waals surface area contributed by atoms with E-state index >= 15 is 0 Å². The minimum Gasteiger partial charge on any atom is -0.491 e. The molecule has 0 aliphatic heterocycles. The summed E-state index contributed by atoms with van der Waals surface area (Å²) in [4.78, 5) is 26.0. The molecule has 0 aromatic heterocycles. The van der Waals surface area contributed by atoms with E-state index in [0.717, 1.165) is 11.1 Å². The van der Waals surface area contributed by atoms with Crippen LogP contribution in [-0.4, -0.2) is 23.8 Å². The van der Waals surface area contributed by atoms with E-state index in [2.05, 4.69) is 5.32 Å². The number of carbonyl (C=O) groups excluding carboxylic acids is 2. The Hall–Kier alpha value is -3.40. The highest BCUT2D eigenvalue weighted by molar-refractivity contribution is 5.98. The molecule has 3 aromatic rings. The van der Waals surface area contributed by atoms with E-state index in [1.165, 1.54) is 0 Å². The molecule has 0 saturated heterocycles. The number of hydrogen-bond acceptors (Lipinski definition) is 3. The Labute approximate surface area is 177 Å². The van der Waals surface area contributed by atoms with Crippen LogP contribution in [0.5, 0.6) is 5.75 Å². The normalized spacial score (nSPS) is 11.7. The lowest BCUT2D eigenvalue weighted by Gasteiger charge is -2.20. The number of Topliss-reactive ketones (excluding diaryl/α,β-unsaturated/α-hetero) is 1. The molecule has 3 rings (SSSR count). The van der Waals surface area contributed by atoms with Gasteiger partial charge in [-0.25, -0.2) is 0 Å². The second-order valence-electron chi connectivity index (χ2n) is 7.50. The highest BCUT2D eigenvalue weighted by atomic mass is 16.5. The van der Waals surface area contributed by atoms with Crippen LogP contribution in [0, 0.1) is 0 Å². The fourth-order valence-electron chi connectivity index (χ4n) is 3.26. The molecule has 0 bridgehead atoms. The Balaban J connectivity index is 1.80. The van der Waals surface area contributed by atoms with E-state index in [4.69, 9.17) is 4.74 Å². The number of benzene rings is 3. The van der Waals surface area contributed by atoms with Gasteiger partial charge in [0.2, 0.25) is 0 Å². The molecule has 1 unspecified atom stereocenters. The van der Waals surface area contributed by atoms with Crippen molar-refractivity contribution >= 4 is 11.7 Å². The van der Waals surface area contributed by atoms with Gasteiger partial charge in [-0.2, -0.15) is 0 Å². The van der Waals surface area contributed by atoms with Gasteiger partial charge < -0.3 is 10.1 Å². The quantitative estimate of drug-likeness (QED) is 0.569. The molecule has 3 aromatic carbocycles. The van der Waals surface area contributed by atoms with Gasteiger partial charge in [0, 0.05) is 17.5 Å². The standard InChI is InChI=1S/C26H27NO3/c1-19(2)30-25-16-10-9-15-22(25)18-24(28)23(17-20-11-5-3-6-12-20)27-26(29)21-13-7-4-8-14-21/h3-16,19,23H,17-18H2,1-2H3,(H,27,29). The Morgan fingerprint density at radius 3 is 2.10 bits per heavy atom. The molecular formula is C26H27NO3. The van der Waals surface area contributed by atoms with Crippen molar-refractivity contribution in [3.05, 3.63) is 102 Å². The molecule has 0 radical (unpaired) electrons. The minimum absolute atomic E-state index is 0.0131. The lowest BCUT2D eigenvalue weighted by molar-refractivity contribution is -0.120. The Bertz CT molecular complexity index is 968. The Morgan fingerprint density at radius 2 is 1.43 bits per heavy atom. The Kier molecular flexibility index (Phi) is 7.39. The molecule has 0 saturated carbocycles. The van der Waals surface area contributed by atoms with Crippen LogP contribution >= 0.6 is 0 Å². The first-order valence-corrected chi connectivity index (χ1v) is 10.2. The van der Waals surface area contributed by atoms with E-state index in [-0.39, 0.29) is 24.2 Å². The fraction of sp³-hybridized carbons (Fsp3) is 0.231. The van der Waals surface area contributed by atoms with Crippen molar-refractivity contribution in [3.8, 4) is 5.75 Å². The van der Waals surface area contributed by atoms with Crippen molar-refractivity contribution in [1.29, 1.82) is 0 Å². The minimum atomic E-state index is -0.632. The van der Waals surface area contributed by atoms with Crippen LogP contribution in [-0.2, 0) is 17.6 Å². The van der Waals surface area contributed by atoms with Crippen LogP contribution in [0.15, 0.2) is 84.9 Å². The fourth-order valence-corrected chi connectivity index (χ4v) is 3.26. The third kappa shape index (κ3) is 6.05. The smallest absolute Gasteiger partial charge is 0.251 e. The lowest BCUT2D eigenvalue weighted by atomic mass is 9.97. The van der Waals surface area contributed by atoms with Gasteiger partial charge in [-0.1, -0.05) is 66.7 Å². The highest BCUT2D eigenvalue weighted by Crippen LogP contribution is 2.21. The van der Waals surface area contributed by atoms with E-state index < -0.39 is 6.04 Å². The molecule has 4 nitrogen and oxygen atoms in total. The molecule has 1 atom stereocenters. The predicted octanol–water partition coefficient (Wildman–Crippen LogP) is 4.63. The van der Waals surface area contributed by atoms with Crippen LogP contribution in [0.1, 0.15) is 35.3 Å². The second kappa shape index (κ2) is 10.4. The number of nitrogens with one attached hydrogen (secondary N) is 1. The third-order valence-electron chi connectivity index (χ3n) is 4.71. The van der Waals surface area contributed by atoms with Gasteiger partial charge in [0.15, 0.2) is 5.78 Å². The van der Waals surface area contributed by atoms with Crippen LogP contribution < -0.4 is 10.1 Å². The van der Waals surface area contributed by atoms with E-state index in [9.17, 15) is 9.59 Å². The molecule has 154 valence electrons. The molecule has 1 amide bonds. The number of amides is 1. The van der Waals surface area contributed by atoms with Gasteiger partial charge in [-0.3, -0.25) is 9.59 Å². The van der Waals surface area contributed by atoms with Crippen molar-refractivity contribution in [2.24, 2.45) is 0 Å². The van der Waals surface area contributed by atoms with Crippen molar-refractivity contribution in [3.63, 3.8) is 0 Å². The molecule has 0 aliphatic carbocycles. The summed E-state index contributed by atoms with van der Waals surface area (Å²) >= 11 is 0. The third-order valence-corrected chi connectivity index (χ3v) is 4.71. The Morgan fingerprint density at radius 1 is 0.833 bits per heavy atom. The molecule has 30 heavy (non-hydrogen) atoms. The lowest BCUT2D eigenvalue weighted by Crippen LogP contribution is -2.43. The van der Waals surface area contributed by atoms with Gasteiger partial charge in [0.1, 0.15) is 5.75 Å². The molecule has 0 aliphatic rings. The first-order valence-electron chi connectivity index (χ1n) is 10.2. The van der Waals surface area contributed by atoms with Crippen LogP contribution in [0.2, 0.25) is 0 Å². The maximum absolute atomic E-state index is 13.3. The zero-order valence-electron chi connectivity index (χ0n) is 17.4. The highest BCUT2D eigenvalue weighted by Gasteiger charge is 2.23. The first-order chi connectivity index (χ1) is 14.5. The molecular weight excluding hydrogens is 374 g/mol. The van der Waals surface area contributed by atoms with E-state index in [0.29, 0.717) is 17.7 Å². The number of hydrogen-bond donors (Lipinski definition) is 1. The van der Waals surface area contributed by atoms with Crippen LogP contribution in [0.4, 0.5) is 0 Å². The second-order valence-corrected chi connectivity index (χ2v) is 7.50. The van der Waals surface area contributed by atoms with E-state index in [1.807, 2.05) is 86.6 Å². The van der Waals surface area contributed by atoms with Gasteiger partial charge in [0.05, 0.1) is 12.1 Å². The summed E-state index contributed by atoms with van der Waals surface area (Å²) in [6.45, 7) is 3.91. The van der Waals surface area contributed by atoms with Gasteiger partial charge in [-0.15, -0.1) is 0 Å². The molecule has 0 spiro atoms. The number of carbonyl (C=O) groups is 2. The monoisotopic (exact) mass is 401 g/mol. The van der Waals surface area contributed by atoms with Gasteiger partial charge in [-0.05, 0) is 44.0 Å². The van der Waals surface area contributed by atoms with Gasteiger partial charge >= 0.3 is 0 Å². The average Bonchev–Trinajstić information content (AvgIpc) is 2.75. The molecule has 0 heterocycles. The van der Waals surface area contributed by atoms with Crippen molar-refractivity contribution in [1.82, 2.24) is 5.32 Å².